The zero-order chi connectivity index (χ0) is 18.8. The monoisotopic (exact) mass is 373 g/mol. The summed E-state index contributed by atoms with van der Waals surface area (Å²) in [6.45, 7) is 1.91. The summed E-state index contributed by atoms with van der Waals surface area (Å²) in [7, 11) is 0. The summed E-state index contributed by atoms with van der Waals surface area (Å²) < 4.78 is 0. The number of halogens is 1. The summed E-state index contributed by atoms with van der Waals surface area (Å²) >= 11 is 6.01. The first-order chi connectivity index (χ1) is 13.1. The third-order valence-corrected chi connectivity index (χ3v) is 4.59. The lowest BCUT2D eigenvalue weighted by Gasteiger charge is -2.12. The lowest BCUT2D eigenvalue weighted by Crippen LogP contribution is -2.14. The van der Waals surface area contributed by atoms with Crippen molar-refractivity contribution in [2.75, 3.05) is 5.32 Å². The number of carbonyl (C=O) groups excluding carboxylic acids is 1. The van der Waals surface area contributed by atoms with Gasteiger partial charge >= 0.3 is 0 Å². The molecule has 0 aliphatic carbocycles. The van der Waals surface area contributed by atoms with Crippen LogP contribution in [0, 0.1) is 6.92 Å². The number of amides is 1. The Hall–Kier alpha value is -3.24. The van der Waals surface area contributed by atoms with Gasteiger partial charge in [0.25, 0.3) is 5.91 Å². The number of anilines is 1. The molecule has 0 aliphatic heterocycles. The highest BCUT2D eigenvalue weighted by molar-refractivity contribution is 6.30. The maximum absolute atomic E-state index is 13.1. The number of nitrogens with zero attached hydrogens (tertiary/aromatic N) is 2. The molecule has 1 N–H and O–H groups in total. The molecule has 0 saturated heterocycles. The van der Waals surface area contributed by atoms with Gasteiger partial charge in [-0.1, -0.05) is 29.8 Å². The average molecular weight is 374 g/mol. The quantitative estimate of drug-likeness (QED) is 0.515. The van der Waals surface area contributed by atoms with Crippen LogP contribution >= 0.6 is 11.6 Å². The van der Waals surface area contributed by atoms with Crippen molar-refractivity contribution in [2.45, 2.75) is 6.92 Å². The molecule has 0 spiro atoms. The fourth-order valence-electron chi connectivity index (χ4n) is 2.98. The lowest BCUT2D eigenvalue weighted by molar-refractivity contribution is 0.102. The highest BCUT2D eigenvalue weighted by Crippen LogP contribution is 2.26. The summed E-state index contributed by atoms with van der Waals surface area (Å²) in [5, 5.41) is 4.42. The van der Waals surface area contributed by atoms with E-state index in [1.54, 1.807) is 30.6 Å². The molecular formula is C22H16ClN3O. The Morgan fingerprint density at radius 1 is 1.04 bits per heavy atom. The summed E-state index contributed by atoms with van der Waals surface area (Å²) in [4.78, 5) is 21.9. The van der Waals surface area contributed by atoms with Crippen molar-refractivity contribution >= 4 is 34.1 Å². The van der Waals surface area contributed by atoms with Crippen molar-refractivity contribution < 1.29 is 4.79 Å². The van der Waals surface area contributed by atoms with Crippen LogP contribution in [0.3, 0.4) is 0 Å². The first-order valence-corrected chi connectivity index (χ1v) is 8.87. The number of hydrogen-bond acceptors (Lipinski definition) is 3. The Morgan fingerprint density at radius 3 is 2.67 bits per heavy atom. The van der Waals surface area contributed by atoms with Crippen LogP contribution in [0.5, 0.6) is 0 Å². The molecule has 27 heavy (non-hydrogen) atoms. The van der Waals surface area contributed by atoms with E-state index in [-0.39, 0.29) is 5.91 Å². The highest BCUT2D eigenvalue weighted by atomic mass is 35.5. The molecular weight excluding hydrogens is 358 g/mol. The average Bonchev–Trinajstić information content (AvgIpc) is 2.70. The second-order valence-electron chi connectivity index (χ2n) is 6.23. The van der Waals surface area contributed by atoms with E-state index in [0.717, 1.165) is 27.7 Å². The van der Waals surface area contributed by atoms with Crippen LogP contribution in [0.15, 0.2) is 73.1 Å². The maximum atomic E-state index is 13.1. The minimum absolute atomic E-state index is 0.191. The smallest absolute Gasteiger partial charge is 0.256 e. The second-order valence-corrected chi connectivity index (χ2v) is 6.66. The van der Waals surface area contributed by atoms with Gasteiger partial charge in [0.05, 0.1) is 16.8 Å². The van der Waals surface area contributed by atoms with Gasteiger partial charge in [0, 0.05) is 34.1 Å². The third kappa shape index (κ3) is 3.52. The van der Waals surface area contributed by atoms with Gasteiger partial charge in [-0.2, -0.15) is 0 Å². The number of benzene rings is 2. The van der Waals surface area contributed by atoms with Crippen LogP contribution in [0.25, 0.3) is 22.2 Å². The van der Waals surface area contributed by atoms with E-state index in [4.69, 9.17) is 11.6 Å². The third-order valence-electron chi connectivity index (χ3n) is 4.35. The number of hydrogen-bond donors (Lipinski definition) is 1. The minimum atomic E-state index is -0.191. The molecule has 2 aromatic carbocycles. The summed E-state index contributed by atoms with van der Waals surface area (Å²) in [5.41, 5.74) is 4.53. The molecule has 0 atom stereocenters. The largest absolute Gasteiger partial charge is 0.322 e. The van der Waals surface area contributed by atoms with Crippen molar-refractivity contribution in [1.29, 1.82) is 0 Å². The Bertz CT molecular complexity index is 1140. The van der Waals surface area contributed by atoms with E-state index in [0.29, 0.717) is 16.3 Å². The fraction of sp³-hybridized carbons (Fsp3) is 0.0455. The van der Waals surface area contributed by atoms with Crippen LogP contribution in [-0.4, -0.2) is 15.9 Å². The summed E-state index contributed by atoms with van der Waals surface area (Å²) in [6.07, 6.45) is 3.45. The highest BCUT2D eigenvalue weighted by Gasteiger charge is 2.15. The van der Waals surface area contributed by atoms with Gasteiger partial charge in [-0.15, -0.1) is 0 Å². The van der Waals surface area contributed by atoms with Crippen LogP contribution in [-0.2, 0) is 0 Å². The van der Waals surface area contributed by atoms with Crippen LogP contribution in [0.4, 0.5) is 5.69 Å². The molecule has 1 amide bonds. The van der Waals surface area contributed by atoms with Gasteiger partial charge in [-0.05, 0) is 55.0 Å². The predicted octanol–water partition coefficient (Wildman–Crippen LogP) is 5.51. The first-order valence-electron chi connectivity index (χ1n) is 8.49. The molecule has 2 aromatic heterocycles. The molecule has 0 unspecified atom stereocenters. The van der Waals surface area contributed by atoms with E-state index < -0.39 is 0 Å². The lowest BCUT2D eigenvalue weighted by atomic mass is 10.0. The number of aromatic nitrogens is 2. The second kappa shape index (κ2) is 7.17. The maximum Gasteiger partial charge on any atom is 0.256 e. The molecule has 0 fully saturated rings. The van der Waals surface area contributed by atoms with Gasteiger partial charge in [0.2, 0.25) is 0 Å². The van der Waals surface area contributed by atoms with Crippen molar-refractivity contribution in [3.05, 3.63) is 89.2 Å². The molecule has 5 heteroatoms. The number of pyridine rings is 2. The number of nitrogens with one attached hydrogen (secondary N) is 1. The van der Waals surface area contributed by atoms with Gasteiger partial charge in [-0.25, -0.2) is 4.98 Å². The Morgan fingerprint density at radius 2 is 1.89 bits per heavy atom. The van der Waals surface area contributed by atoms with E-state index in [2.05, 4.69) is 15.3 Å². The van der Waals surface area contributed by atoms with E-state index in [1.807, 2.05) is 49.4 Å². The first kappa shape index (κ1) is 17.2. The van der Waals surface area contributed by atoms with Gasteiger partial charge in [0.15, 0.2) is 0 Å². The molecule has 4 aromatic rings. The zero-order valence-corrected chi connectivity index (χ0v) is 15.4. The SMILES string of the molecule is Cc1cc(Cl)ccc1NC(=O)c1cc(-c2cccnc2)nc2ccccc12. The number of rotatable bonds is 3. The molecule has 4 rings (SSSR count). The Balaban J connectivity index is 1.81. The molecule has 2 heterocycles. The predicted molar refractivity (Wildman–Crippen MR) is 109 cm³/mol. The van der Waals surface area contributed by atoms with E-state index in [1.165, 1.54) is 0 Å². The molecule has 0 aliphatic rings. The zero-order valence-electron chi connectivity index (χ0n) is 14.6. The van der Waals surface area contributed by atoms with Crippen LogP contribution in [0.2, 0.25) is 5.02 Å². The molecule has 0 radical (unpaired) electrons. The number of para-hydroxylation sites is 1. The summed E-state index contributed by atoms with van der Waals surface area (Å²) in [5.74, 6) is -0.191. The molecule has 0 saturated carbocycles. The number of carbonyl (C=O) groups is 1. The van der Waals surface area contributed by atoms with E-state index in [9.17, 15) is 4.79 Å². The Kier molecular flexibility index (Phi) is 4.57. The topological polar surface area (TPSA) is 54.9 Å². The normalized spacial score (nSPS) is 10.7. The van der Waals surface area contributed by atoms with Crippen LogP contribution in [0.1, 0.15) is 15.9 Å². The van der Waals surface area contributed by atoms with Crippen LogP contribution < -0.4 is 5.32 Å². The summed E-state index contributed by atoms with van der Waals surface area (Å²) in [6, 6.07) is 18.6. The van der Waals surface area contributed by atoms with Crippen molar-refractivity contribution in [3.8, 4) is 11.3 Å². The fourth-order valence-corrected chi connectivity index (χ4v) is 3.21. The van der Waals surface area contributed by atoms with Crippen molar-refractivity contribution in [2.24, 2.45) is 0 Å². The van der Waals surface area contributed by atoms with Gasteiger partial charge in [-0.3, -0.25) is 9.78 Å². The van der Waals surface area contributed by atoms with Gasteiger partial charge in [0.1, 0.15) is 0 Å². The van der Waals surface area contributed by atoms with Crippen molar-refractivity contribution in [3.63, 3.8) is 0 Å². The molecule has 0 bridgehead atoms. The molecule has 4 nitrogen and oxygen atoms in total. The van der Waals surface area contributed by atoms with E-state index >= 15 is 0 Å². The standard InChI is InChI=1S/C22H16ClN3O/c1-14-11-16(23)8-9-19(14)26-22(27)18-12-21(15-5-4-10-24-13-15)25-20-7-3-2-6-17(18)20/h2-13H,1H3,(H,26,27). The molecule has 132 valence electrons. The van der Waals surface area contributed by atoms with Crippen molar-refractivity contribution in [1.82, 2.24) is 9.97 Å². The number of fused-ring (bicyclic) bond motifs is 1. The Labute approximate surface area is 161 Å². The number of aryl methyl sites for hydroxylation is 1. The minimum Gasteiger partial charge on any atom is -0.322 e. The van der Waals surface area contributed by atoms with Gasteiger partial charge < -0.3 is 5.32 Å².